The third-order valence-corrected chi connectivity index (χ3v) is 4.96. The van der Waals surface area contributed by atoms with Gasteiger partial charge >= 0.3 is 6.03 Å². The number of likely N-dealkylation sites (tertiary alicyclic amines) is 1. The summed E-state index contributed by atoms with van der Waals surface area (Å²) in [5.74, 6) is 0. The molecular formula is C17H24ClN3O. The van der Waals surface area contributed by atoms with Crippen molar-refractivity contribution in [3.63, 3.8) is 0 Å². The van der Waals surface area contributed by atoms with Crippen molar-refractivity contribution < 1.29 is 4.79 Å². The molecule has 2 fully saturated rings. The van der Waals surface area contributed by atoms with E-state index in [-0.39, 0.29) is 6.03 Å². The van der Waals surface area contributed by atoms with Gasteiger partial charge in [-0.05, 0) is 30.0 Å². The second-order valence-electron chi connectivity index (χ2n) is 7.23. The lowest BCUT2D eigenvalue weighted by molar-refractivity contribution is 0.0273. The zero-order valence-electron chi connectivity index (χ0n) is 13.6. The van der Waals surface area contributed by atoms with Crippen LogP contribution in [0.5, 0.6) is 0 Å². The summed E-state index contributed by atoms with van der Waals surface area (Å²) in [5, 5.41) is 0.714. The van der Waals surface area contributed by atoms with Gasteiger partial charge in [0.05, 0.1) is 0 Å². The number of rotatable bonds is 4. The van der Waals surface area contributed by atoms with E-state index in [1.54, 1.807) is 0 Å². The summed E-state index contributed by atoms with van der Waals surface area (Å²) in [6.07, 6.45) is 0. The molecule has 0 aliphatic carbocycles. The second-order valence-corrected chi connectivity index (χ2v) is 7.64. The number of aryl methyl sites for hydroxylation is 1. The standard InChI is InChI=1S/C17H24ClN3O/c1-13-4-5-14(10-15(13)18)21-9-8-20(16(21)22)7-6-19-11-17(2,3)12-19/h4-5,10H,6-9,11-12H2,1-3H3. The monoisotopic (exact) mass is 321 g/mol. The van der Waals surface area contributed by atoms with E-state index >= 15 is 0 Å². The number of urea groups is 1. The molecule has 0 radical (unpaired) electrons. The molecule has 1 aromatic carbocycles. The average Bonchev–Trinajstić information content (AvgIpc) is 2.78. The quantitative estimate of drug-likeness (QED) is 0.851. The highest BCUT2D eigenvalue weighted by Crippen LogP contribution is 2.29. The highest BCUT2D eigenvalue weighted by Gasteiger charge is 2.35. The third kappa shape index (κ3) is 3.08. The van der Waals surface area contributed by atoms with Crippen molar-refractivity contribution in [3.05, 3.63) is 28.8 Å². The zero-order chi connectivity index (χ0) is 15.9. The first kappa shape index (κ1) is 15.6. The summed E-state index contributed by atoms with van der Waals surface area (Å²) in [6.45, 7) is 12.1. The maximum atomic E-state index is 12.5. The van der Waals surface area contributed by atoms with Crippen LogP contribution in [0.1, 0.15) is 19.4 Å². The van der Waals surface area contributed by atoms with Gasteiger partial charge in [-0.25, -0.2) is 4.79 Å². The molecule has 2 aliphatic rings. The number of carbonyl (C=O) groups is 1. The van der Waals surface area contributed by atoms with E-state index in [1.165, 1.54) is 0 Å². The lowest BCUT2D eigenvalue weighted by atomic mass is 9.84. The Bertz CT molecular complexity index is 579. The van der Waals surface area contributed by atoms with E-state index in [0.29, 0.717) is 10.4 Å². The van der Waals surface area contributed by atoms with Gasteiger partial charge in [0, 0.05) is 50.0 Å². The molecule has 3 rings (SSSR count). The molecule has 2 aliphatic heterocycles. The van der Waals surface area contributed by atoms with Crippen molar-refractivity contribution in [1.29, 1.82) is 0 Å². The highest BCUT2D eigenvalue weighted by atomic mass is 35.5. The van der Waals surface area contributed by atoms with Crippen LogP contribution in [0.25, 0.3) is 0 Å². The Balaban J connectivity index is 1.56. The van der Waals surface area contributed by atoms with Crippen molar-refractivity contribution in [2.75, 3.05) is 44.2 Å². The van der Waals surface area contributed by atoms with Gasteiger partial charge in [-0.15, -0.1) is 0 Å². The number of halogens is 1. The van der Waals surface area contributed by atoms with Crippen LogP contribution >= 0.6 is 11.6 Å². The zero-order valence-corrected chi connectivity index (χ0v) is 14.4. The second kappa shape index (κ2) is 5.74. The van der Waals surface area contributed by atoms with E-state index < -0.39 is 0 Å². The Kier molecular flexibility index (Phi) is 4.08. The maximum Gasteiger partial charge on any atom is 0.324 e. The lowest BCUT2D eigenvalue weighted by Gasteiger charge is -2.46. The Hall–Kier alpha value is -1.26. The fourth-order valence-electron chi connectivity index (χ4n) is 3.36. The predicted octanol–water partition coefficient (Wildman–Crippen LogP) is 3.23. The number of carbonyl (C=O) groups excluding carboxylic acids is 1. The topological polar surface area (TPSA) is 26.8 Å². The van der Waals surface area contributed by atoms with E-state index in [4.69, 9.17) is 11.6 Å². The normalized spacial score (nSPS) is 21.4. The maximum absolute atomic E-state index is 12.5. The summed E-state index contributed by atoms with van der Waals surface area (Å²) in [4.78, 5) is 18.7. The lowest BCUT2D eigenvalue weighted by Crippen LogP contribution is -2.54. The molecule has 0 unspecified atom stereocenters. The number of hydrogen-bond donors (Lipinski definition) is 0. The van der Waals surface area contributed by atoms with Crippen molar-refractivity contribution in [1.82, 2.24) is 9.80 Å². The van der Waals surface area contributed by atoms with E-state index in [9.17, 15) is 4.79 Å². The molecule has 120 valence electrons. The van der Waals surface area contributed by atoms with Crippen LogP contribution in [0.3, 0.4) is 0 Å². The Labute approximate surface area is 137 Å². The van der Waals surface area contributed by atoms with Crippen LogP contribution in [0.4, 0.5) is 10.5 Å². The van der Waals surface area contributed by atoms with E-state index in [2.05, 4.69) is 18.7 Å². The van der Waals surface area contributed by atoms with Gasteiger partial charge < -0.3 is 9.80 Å². The minimum Gasteiger partial charge on any atom is -0.321 e. The van der Waals surface area contributed by atoms with E-state index in [0.717, 1.165) is 50.5 Å². The van der Waals surface area contributed by atoms with Gasteiger partial charge in [0.25, 0.3) is 0 Å². The first-order valence-corrected chi connectivity index (χ1v) is 8.28. The summed E-state index contributed by atoms with van der Waals surface area (Å²) < 4.78 is 0. The highest BCUT2D eigenvalue weighted by molar-refractivity contribution is 6.31. The summed E-state index contributed by atoms with van der Waals surface area (Å²) in [5.41, 5.74) is 2.38. The van der Waals surface area contributed by atoms with Crippen LogP contribution in [0, 0.1) is 12.3 Å². The number of benzene rings is 1. The molecule has 5 heteroatoms. The van der Waals surface area contributed by atoms with Crippen molar-refractivity contribution >= 4 is 23.3 Å². The molecule has 0 aromatic heterocycles. The molecule has 2 saturated heterocycles. The summed E-state index contributed by atoms with van der Waals surface area (Å²) in [7, 11) is 0. The molecule has 4 nitrogen and oxygen atoms in total. The molecule has 1 aromatic rings. The minimum absolute atomic E-state index is 0.0969. The van der Waals surface area contributed by atoms with Crippen LogP contribution in [0.2, 0.25) is 5.02 Å². The fraction of sp³-hybridized carbons (Fsp3) is 0.588. The Morgan fingerprint density at radius 1 is 1.18 bits per heavy atom. The molecule has 0 N–H and O–H groups in total. The molecule has 0 spiro atoms. The Morgan fingerprint density at radius 3 is 2.55 bits per heavy atom. The number of nitrogens with zero attached hydrogens (tertiary/aromatic N) is 3. The molecule has 0 atom stereocenters. The fourth-order valence-corrected chi connectivity index (χ4v) is 3.54. The van der Waals surface area contributed by atoms with E-state index in [1.807, 2.05) is 34.9 Å². The number of anilines is 1. The van der Waals surface area contributed by atoms with Crippen LogP contribution < -0.4 is 4.90 Å². The summed E-state index contributed by atoms with van der Waals surface area (Å²) >= 11 is 6.17. The molecule has 0 bridgehead atoms. The summed E-state index contributed by atoms with van der Waals surface area (Å²) in [6, 6.07) is 5.92. The molecular weight excluding hydrogens is 298 g/mol. The predicted molar refractivity (Wildman–Crippen MR) is 90.7 cm³/mol. The first-order chi connectivity index (χ1) is 10.4. The van der Waals surface area contributed by atoms with Crippen molar-refractivity contribution in [3.8, 4) is 0 Å². The number of amides is 2. The molecule has 22 heavy (non-hydrogen) atoms. The van der Waals surface area contributed by atoms with Crippen molar-refractivity contribution in [2.24, 2.45) is 5.41 Å². The molecule has 0 saturated carbocycles. The van der Waals surface area contributed by atoms with Crippen molar-refractivity contribution in [2.45, 2.75) is 20.8 Å². The molecule has 2 amide bonds. The van der Waals surface area contributed by atoms with Gasteiger partial charge in [0.15, 0.2) is 0 Å². The van der Waals surface area contributed by atoms with Gasteiger partial charge in [0.1, 0.15) is 0 Å². The van der Waals surface area contributed by atoms with Crippen LogP contribution in [-0.4, -0.2) is 55.1 Å². The van der Waals surface area contributed by atoms with Crippen LogP contribution in [0.15, 0.2) is 18.2 Å². The smallest absolute Gasteiger partial charge is 0.321 e. The average molecular weight is 322 g/mol. The SMILES string of the molecule is Cc1ccc(N2CCN(CCN3CC(C)(C)C3)C2=O)cc1Cl. The number of hydrogen-bond acceptors (Lipinski definition) is 2. The van der Waals surface area contributed by atoms with Gasteiger partial charge in [0.2, 0.25) is 0 Å². The molecule has 2 heterocycles. The minimum atomic E-state index is 0.0969. The van der Waals surface area contributed by atoms with Gasteiger partial charge in [-0.1, -0.05) is 31.5 Å². The largest absolute Gasteiger partial charge is 0.324 e. The first-order valence-electron chi connectivity index (χ1n) is 7.91. The van der Waals surface area contributed by atoms with Crippen LogP contribution in [-0.2, 0) is 0 Å². The third-order valence-electron chi connectivity index (χ3n) is 4.55. The van der Waals surface area contributed by atoms with Gasteiger partial charge in [-0.2, -0.15) is 0 Å². The Morgan fingerprint density at radius 2 is 1.91 bits per heavy atom. The van der Waals surface area contributed by atoms with Gasteiger partial charge in [-0.3, -0.25) is 4.90 Å².